The third-order valence-corrected chi connectivity index (χ3v) is 3.66. The molecule has 0 amide bonds. The van der Waals surface area contributed by atoms with Crippen molar-refractivity contribution in [2.45, 2.75) is 18.8 Å². The number of anilines is 1. The summed E-state index contributed by atoms with van der Waals surface area (Å²) in [7, 11) is 0. The average Bonchev–Trinajstić information content (AvgIpc) is 3.24. The van der Waals surface area contributed by atoms with Crippen LogP contribution < -0.4 is 10.5 Å². The van der Waals surface area contributed by atoms with Crippen LogP contribution in [0.25, 0.3) is 0 Å². The molecule has 0 spiro atoms. The molecule has 1 heterocycles. The number of hydrogen-bond donors (Lipinski definition) is 1. The van der Waals surface area contributed by atoms with Crippen molar-refractivity contribution in [3.63, 3.8) is 0 Å². The number of nitrogens with two attached hydrogens (primary N) is 1. The highest BCUT2D eigenvalue weighted by Gasteiger charge is 2.28. The number of rotatable bonds is 4. The molecular weight excluding hydrogens is 340 g/mol. The Morgan fingerprint density at radius 3 is 2.81 bits per heavy atom. The van der Waals surface area contributed by atoms with E-state index in [4.69, 9.17) is 10.5 Å². The second-order valence-electron chi connectivity index (χ2n) is 4.71. The predicted molar refractivity (Wildman–Crippen MR) is 79.3 cm³/mol. The Morgan fingerprint density at radius 2 is 2.14 bits per heavy atom. The lowest BCUT2D eigenvalue weighted by Gasteiger charge is -2.09. The van der Waals surface area contributed by atoms with E-state index in [-0.39, 0.29) is 23.1 Å². The molecule has 1 aliphatic carbocycles. The number of ether oxygens (including phenoxy) is 1. The number of hydrogen-bond acceptors (Lipinski definition) is 6. The predicted octanol–water partition coefficient (Wildman–Crippen LogP) is 3.40. The van der Waals surface area contributed by atoms with E-state index in [0.717, 1.165) is 12.8 Å². The lowest BCUT2D eigenvalue weighted by molar-refractivity contribution is -0.385. The van der Waals surface area contributed by atoms with Crippen LogP contribution in [0.5, 0.6) is 11.6 Å². The van der Waals surface area contributed by atoms with E-state index in [0.29, 0.717) is 16.2 Å². The van der Waals surface area contributed by atoms with Crippen LogP contribution in [0.15, 0.2) is 28.7 Å². The fourth-order valence-corrected chi connectivity index (χ4v) is 2.32. The van der Waals surface area contributed by atoms with Gasteiger partial charge in [-0.2, -0.15) is 4.98 Å². The fourth-order valence-electron chi connectivity index (χ4n) is 1.88. The number of halogens is 1. The zero-order valence-electron chi connectivity index (χ0n) is 10.8. The van der Waals surface area contributed by atoms with Gasteiger partial charge in [-0.25, -0.2) is 4.98 Å². The Morgan fingerprint density at radius 1 is 1.38 bits per heavy atom. The molecule has 8 heteroatoms. The van der Waals surface area contributed by atoms with E-state index < -0.39 is 4.92 Å². The maximum atomic E-state index is 11.1. The van der Waals surface area contributed by atoms with Gasteiger partial charge in [0.05, 0.1) is 9.40 Å². The molecule has 1 saturated carbocycles. The van der Waals surface area contributed by atoms with Crippen LogP contribution in [0.2, 0.25) is 0 Å². The lowest BCUT2D eigenvalue weighted by atomic mass is 10.3. The van der Waals surface area contributed by atoms with Gasteiger partial charge in [0.1, 0.15) is 11.6 Å². The first kappa shape index (κ1) is 13.7. The Labute approximate surface area is 128 Å². The number of nitrogen functional groups attached to an aromatic ring is 1. The fraction of sp³-hybridized carbons (Fsp3) is 0.231. The summed E-state index contributed by atoms with van der Waals surface area (Å²) in [5.41, 5.74) is 5.59. The van der Waals surface area contributed by atoms with Gasteiger partial charge in [-0.3, -0.25) is 10.1 Å². The second kappa shape index (κ2) is 5.28. The van der Waals surface area contributed by atoms with E-state index >= 15 is 0 Å². The van der Waals surface area contributed by atoms with E-state index in [2.05, 4.69) is 25.9 Å². The zero-order chi connectivity index (χ0) is 15.0. The van der Waals surface area contributed by atoms with Crippen molar-refractivity contribution in [1.29, 1.82) is 0 Å². The molecular formula is C13H11BrN4O3. The van der Waals surface area contributed by atoms with Crippen LogP contribution in [-0.4, -0.2) is 14.9 Å². The van der Waals surface area contributed by atoms with Gasteiger partial charge in [0.25, 0.3) is 0 Å². The number of para-hydroxylation sites is 1. The van der Waals surface area contributed by atoms with Crippen molar-refractivity contribution < 1.29 is 9.66 Å². The summed E-state index contributed by atoms with van der Waals surface area (Å²) in [5.74, 6) is 1.53. The maximum absolute atomic E-state index is 11.1. The Hall–Kier alpha value is -2.22. The number of nitrogens with zero attached hydrogens (tertiary/aromatic N) is 3. The van der Waals surface area contributed by atoms with E-state index in [1.165, 1.54) is 12.1 Å². The van der Waals surface area contributed by atoms with Gasteiger partial charge in [-0.15, -0.1) is 0 Å². The number of nitro groups is 1. The molecule has 0 unspecified atom stereocenters. The molecule has 21 heavy (non-hydrogen) atoms. The largest absolute Gasteiger partial charge is 0.430 e. The van der Waals surface area contributed by atoms with Gasteiger partial charge in [0, 0.05) is 18.1 Å². The lowest BCUT2D eigenvalue weighted by Crippen LogP contribution is -2.01. The van der Waals surface area contributed by atoms with Gasteiger partial charge < -0.3 is 10.5 Å². The Bertz CT molecular complexity index is 719. The van der Waals surface area contributed by atoms with Crippen molar-refractivity contribution in [2.75, 3.05) is 5.73 Å². The topological polar surface area (TPSA) is 104 Å². The molecule has 0 atom stereocenters. The molecule has 2 aromatic rings. The van der Waals surface area contributed by atoms with Crippen LogP contribution >= 0.6 is 15.9 Å². The molecule has 1 aromatic heterocycles. The van der Waals surface area contributed by atoms with E-state index in [1.54, 1.807) is 12.1 Å². The summed E-state index contributed by atoms with van der Waals surface area (Å²) in [5, 5.41) is 11.1. The highest BCUT2D eigenvalue weighted by molar-refractivity contribution is 9.10. The van der Waals surface area contributed by atoms with Crippen LogP contribution in [0.4, 0.5) is 11.5 Å². The minimum absolute atomic E-state index is 0.0994. The molecule has 0 radical (unpaired) electrons. The standard InChI is InChI=1S/C13H11BrN4O3/c14-8-2-1-3-9(18(19)20)12(8)21-11-6-10(15)16-13(17-11)7-4-5-7/h1-3,6-7H,4-5H2,(H2,15,16,17). The molecule has 1 fully saturated rings. The monoisotopic (exact) mass is 350 g/mol. The van der Waals surface area contributed by atoms with Crippen LogP contribution in [0.1, 0.15) is 24.6 Å². The number of benzene rings is 1. The van der Waals surface area contributed by atoms with Crippen molar-refractivity contribution in [3.8, 4) is 11.6 Å². The first-order valence-corrected chi connectivity index (χ1v) is 7.09. The molecule has 0 aliphatic heterocycles. The van der Waals surface area contributed by atoms with E-state index in [1.807, 2.05) is 0 Å². The quantitative estimate of drug-likeness (QED) is 0.669. The summed E-state index contributed by atoms with van der Waals surface area (Å²) in [6.07, 6.45) is 2.05. The summed E-state index contributed by atoms with van der Waals surface area (Å²) in [6.45, 7) is 0. The Kier molecular flexibility index (Phi) is 3.46. The third kappa shape index (κ3) is 2.94. The van der Waals surface area contributed by atoms with Gasteiger partial charge in [0.15, 0.2) is 0 Å². The first-order valence-electron chi connectivity index (χ1n) is 6.30. The molecule has 1 aliphatic rings. The zero-order valence-corrected chi connectivity index (χ0v) is 12.4. The minimum Gasteiger partial charge on any atom is -0.430 e. The summed E-state index contributed by atoms with van der Waals surface area (Å²) in [4.78, 5) is 19.0. The van der Waals surface area contributed by atoms with Gasteiger partial charge in [0.2, 0.25) is 11.6 Å². The normalized spacial score (nSPS) is 14.0. The van der Waals surface area contributed by atoms with Crippen molar-refractivity contribution >= 4 is 27.4 Å². The molecule has 3 rings (SSSR count). The third-order valence-electron chi connectivity index (χ3n) is 3.03. The number of nitro benzene ring substituents is 1. The molecule has 1 aromatic carbocycles. The molecule has 7 nitrogen and oxygen atoms in total. The maximum Gasteiger partial charge on any atom is 0.312 e. The van der Waals surface area contributed by atoms with Gasteiger partial charge in [-0.1, -0.05) is 6.07 Å². The van der Waals surface area contributed by atoms with Crippen LogP contribution in [0, 0.1) is 10.1 Å². The van der Waals surface area contributed by atoms with Gasteiger partial charge in [-0.05, 0) is 34.8 Å². The second-order valence-corrected chi connectivity index (χ2v) is 5.57. The van der Waals surface area contributed by atoms with Crippen molar-refractivity contribution in [1.82, 2.24) is 9.97 Å². The molecule has 0 bridgehead atoms. The molecule has 2 N–H and O–H groups in total. The average molecular weight is 351 g/mol. The summed E-state index contributed by atoms with van der Waals surface area (Å²) < 4.78 is 6.06. The Balaban J connectivity index is 1.98. The van der Waals surface area contributed by atoms with E-state index in [9.17, 15) is 10.1 Å². The number of aromatic nitrogens is 2. The highest BCUT2D eigenvalue weighted by Crippen LogP contribution is 2.41. The SMILES string of the molecule is Nc1cc(Oc2c(Br)cccc2[N+](=O)[O-])nc(C2CC2)n1. The van der Waals surface area contributed by atoms with Crippen LogP contribution in [0.3, 0.4) is 0 Å². The molecule has 0 saturated heterocycles. The van der Waals surface area contributed by atoms with Crippen molar-refractivity contribution in [3.05, 3.63) is 44.7 Å². The van der Waals surface area contributed by atoms with Crippen molar-refractivity contribution in [2.24, 2.45) is 0 Å². The molecule has 108 valence electrons. The van der Waals surface area contributed by atoms with Crippen LogP contribution in [-0.2, 0) is 0 Å². The summed E-state index contributed by atoms with van der Waals surface area (Å²) >= 11 is 3.25. The first-order chi connectivity index (χ1) is 10.0. The smallest absolute Gasteiger partial charge is 0.312 e. The highest BCUT2D eigenvalue weighted by atomic mass is 79.9. The summed E-state index contributed by atoms with van der Waals surface area (Å²) in [6, 6.07) is 6.05. The van der Waals surface area contributed by atoms with Gasteiger partial charge >= 0.3 is 5.69 Å². The minimum atomic E-state index is -0.507.